The van der Waals surface area contributed by atoms with Crippen molar-refractivity contribution in [3.05, 3.63) is 57.8 Å². The summed E-state index contributed by atoms with van der Waals surface area (Å²) in [6.07, 6.45) is 3.57. The van der Waals surface area contributed by atoms with Gasteiger partial charge in [0.15, 0.2) is 0 Å². The number of aliphatic hydroxyl groups is 1. The first-order valence-corrected chi connectivity index (χ1v) is 8.32. The van der Waals surface area contributed by atoms with Gasteiger partial charge >= 0.3 is 0 Å². The van der Waals surface area contributed by atoms with Gasteiger partial charge in [-0.1, -0.05) is 44.2 Å². The first-order chi connectivity index (χ1) is 9.65. The van der Waals surface area contributed by atoms with Crippen molar-refractivity contribution in [3.8, 4) is 0 Å². The van der Waals surface area contributed by atoms with Crippen LogP contribution in [0.4, 0.5) is 0 Å². The zero-order valence-corrected chi connectivity index (χ0v) is 13.2. The molecule has 1 nitrogen and oxygen atoms in total. The van der Waals surface area contributed by atoms with E-state index in [9.17, 15) is 5.11 Å². The van der Waals surface area contributed by atoms with Crippen LogP contribution in [0.25, 0.3) is 0 Å². The smallest absolute Gasteiger partial charge is 0.0580 e. The molecule has 0 aliphatic carbocycles. The molecule has 1 N–H and O–H groups in total. The fraction of sp³-hybridized carbons (Fsp3) is 0.444. The summed E-state index contributed by atoms with van der Waals surface area (Å²) >= 11 is 1.80. The molecular formula is C18H24OS. The van der Waals surface area contributed by atoms with Crippen molar-refractivity contribution in [2.75, 3.05) is 0 Å². The molecule has 1 unspecified atom stereocenters. The molecule has 0 saturated heterocycles. The SMILES string of the molecule is CC(C)c1ccc(CC(O)CCCc2cccs2)cc1. The van der Waals surface area contributed by atoms with Crippen molar-refractivity contribution in [1.82, 2.24) is 0 Å². The average Bonchev–Trinajstić information content (AvgIpc) is 2.92. The molecule has 108 valence electrons. The Morgan fingerprint density at radius 3 is 2.45 bits per heavy atom. The van der Waals surface area contributed by atoms with Gasteiger partial charge in [-0.15, -0.1) is 11.3 Å². The van der Waals surface area contributed by atoms with Crippen LogP contribution in [0.1, 0.15) is 48.6 Å². The maximum Gasteiger partial charge on any atom is 0.0580 e. The predicted octanol–water partition coefficient (Wildman–Crippen LogP) is 4.80. The van der Waals surface area contributed by atoms with E-state index >= 15 is 0 Å². The van der Waals surface area contributed by atoms with Gasteiger partial charge < -0.3 is 5.11 Å². The Hall–Kier alpha value is -1.12. The molecule has 0 amide bonds. The van der Waals surface area contributed by atoms with Crippen LogP contribution < -0.4 is 0 Å². The van der Waals surface area contributed by atoms with Gasteiger partial charge in [-0.3, -0.25) is 0 Å². The van der Waals surface area contributed by atoms with Crippen LogP contribution in [-0.4, -0.2) is 11.2 Å². The fourth-order valence-corrected chi connectivity index (χ4v) is 3.13. The van der Waals surface area contributed by atoms with Crippen LogP contribution in [0.15, 0.2) is 41.8 Å². The summed E-state index contributed by atoms with van der Waals surface area (Å²) in [5, 5.41) is 12.2. The predicted molar refractivity (Wildman–Crippen MR) is 87.5 cm³/mol. The standard InChI is InChI=1S/C18H24OS/c1-14(2)16-10-8-15(9-11-16)13-17(19)5-3-6-18-7-4-12-20-18/h4,7-12,14,17,19H,3,5-6,13H2,1-2H3. The molecule has 0 bridgehead atoms. The van der Waals surface area contributed by atoms with E-state index in [-0.39, 0.29) is 6.10 Å². The molecule has 0 aliphatic rings. The lowest BCUT2D eigenvalue weighted by Gasteiger charge is -2.11. The van der Waals surface area contributed by atoms with Gasteiger partial charge in [0.1, 0.15) is 0 Å². The van der Waals surface area contributed by atoms with Crippen molar-refractivity contribution in [3.63, 3.8) is 0 Å². The first-order valence-electron chi connectivity index (χ1n) is 7.44. The molecule has 1 aromatic heterocycles. The van der Waals surface area contributed by atoms with Crippen molar-refractivity contribution >= 4 is 11.3 Å². The summed E-state index contributed by atoms with van der Waals surface area (Å²) in [6.45, 7) is 4.41. The minimum absolute atomic E-state index is 0.222. The van der Waals surface area contributed by atoms with Gasteiger partial charge in [-0.25, -0.2) is 0 Å². The van der Waals surface area contributed by atoms with Gasteiger partial charge in [0, 0.05) is 4.88 Å². The topological polar surface area (TPSA) is 20.2 Å². The molecular weight excluding hydrogens is 264 g/mol. The number of aliphatic hydroxyl groups excluding tert-OH is 1. The molecule has 2 heteroatoms. The van der Waals surface area contributed by atoms with E-state index < -0.39 is 0 Å². The molecule has 0 spiro atoms. The van der Waals surface area contributed by atoms with Crippen molar-refractivity contribution in [1.29, 1.82) is 0 Å². The number of benzene rings is 1. The van der Waals surface area contributed by atoms with E-state index in [0.717, 1.165) is 25.7 Å². The van der Waals surface area contributed by atoms with E-state index in [1.165, 1.54) is 16.0 Å². The highest BCUT2D eigenvalue weighted by Crippen LogP contribution is 2.17. The van der Waals surface area contributed by atoms with Crippen LogP contribution in [0.3, 0.4) is 0 Å². The maximum atomic E-state index is 10.1. The Labute approximate surface area is 126 Å². The summed E-state index contributed by atoms with van der Waals surface area (Å²) in [5.41, 5.74) is 2.60. The second-order valence-electron chi connectivity index (χ2n) is 5.73. The highest BCUT2D eigenvalue weighted by Gasteiger charge is 2.07. The molecule has 0 aliphatic heterocycles. The molecule has 2 rings (SSSR count). The maximum absolute atomic E-state index is 10.1. The van der Waals surface area contributed by atoms with Crippen LogP contribution >= 0.6 is 11.3 Å². The Morgan fingerprint density at radius 2 is 1.85 bits per heavy atom. The third-order valence-corrected chi connectivity index (χ3v) is 4.59. The van der Waals surface area contributed by atoms with Crippen molar-refractivity contribution < 1.29 is 5.11 Å². The van der Waals surface area contributed by atoms with Gasteiger partial charge in [0.05, 0.1) is 6.10 Å². The van der Waals surface area contributed by atoms with E-state index in [2.05, 4.69) is 55.6 Å². The number of hydrogen-bond acceptors (Lipinski definition) is 2. The van der Waals surface area contributed by atoms with Crippen LogP contribution in [0, 0.1) is 0 Å². The number of aryl methyl sites for hydroxylation is 1. The Bertz CT molecular complexity index is 485. The van der Waals surface area contributed by atoms with Gasteiger partial charge in [0.2, 0.25) is 0 Å². The Morgan fingerprint density at radius 1 is 1.10 bits per heavy atom. The molecule has 1 aromatic carbocycles. The van der Waals surface area contributed by atoms with E-state index in [1.807, 2.05) is 0 Å². The quantitative estimate of drug-likeness (QED) is 0.776. The lowest BCUT2D eigenvalue weighted by atomic mass is 9.98. The van der Waals surface area contributed by atoms with Crippen LogP contribution in [0.5, 0.6) is 0 Å². The molecule has 0 radical (unpaired) electrons. The first kappa shape index (κ1) is 15.3. The van der Waals surface area contributed by atoms with Crippen LogP contribution in [-0.2, 0) is 12.8 Å². The molecule has 0 saturated carbocycles. The summed E-state index contributed by atoms with van der Waals surface area (Å²) in [5.74, 6) is 0.569. The van der Waals surface area contributed by atoms with E-state index in [0.29, 0.717) is 5.92 Å². The molecule has 1 atom stereocenters. The second kappa shape index (κ2) is 7.61. The van der Waals surface area contributed by atoms with Crippen molar-refractivity contribution in [2.45, 2.75) is 51.6 Å². The van der Waals surface area contributed by atoms with E-state index in [4.69, 9.17) is 0 Å². The number of hydrogen-bond donors (Lipinski definition) is 1. The minimum atomic E-state index is -0.222. The molecule has 0 fully saturated rings. The number of thiophene rings is 1. The van der Waals surface area contributed by atoms with E-state index in [1.54, 1.807) is 11.3 Å². The third-order valence-electron chi connectivity index (χ3n) is 3.66. The summed E-state index contributed by atoms with van der Waals surface area (Å²) in [6, 6.07) is 12.9. The molecule has 2 aromatic rings. The largest absolute Gasteiger partial charge is 0.393 e. The average molecular weight is 288 g/mol. The van der Waals surface area contributed by atoms with Gasteiger partial charge in [0.25, 0.3) is 0 Å². The minimum Gasteiger partial charge on any atom is -0.393 e. The van der Waals surface area contributed by atoms with Crippen LogP contribution in [0.2, 0.25) is 0 Å². The second-order valence-corrected chi connectivity index (χ2v) is 6.76. The zero-order chi connectivity index (χ0) is 14.4. The lowest BCUT2D eigenvalue weighted by molar-refractivity contribution is 0.162. The lowest BCUT2D eigenvalue weighted by Crippen LogP contribution is -2.10. The third kappa shape index (κ3) is 4.77. The van der Waals surface area contributed by atoms with Crippen molar-refractivity contribution in [2.24, 2.45) is 0 Å². The monoisotopic (exact) mass is 288 g/mol. The van der Waals surface area contributed by atoms with Gasteiger partial charge in [-0.05, 0) is 54.2 Å². The number of rotatable bonds is 7. The summed E-state index contributed by atoms with van der Waals surface area (Å²) in [7, 11) is 0. The zero-order valence-electron chi connectivity index (χ0n) is 12.4. The van der Waals surface area contributed by atoms with Gasteiger partial charge in [-0.2, -0.15) is 0 Å². The summed E-state index contributed by atoms with van der Waals surface area (Å²) in [4.78, 5) is 1.42. The molecule has 20 heavy (non-hydrogen) atoms. The normalized spacial score (nSPS) is 12.8. The fourth-order valence-electron chi connectivity index (χ4n) is 2.38. The Balaban J connectivity index is 1.74. The molecule has 1 heterocycles. The summed E-state index contributed by atoms with van der Waals surface area (Å²) < 4.78 is 0. The highest BCUT2D eigenvalue weighted by molar-refractivity contribution is 7.09. The Kier molecular flexibility index (Phi) is 5.81. The highest BCUT2D eigenvalue weighted by atomic mass is 32.1.